The molecule has 0 aliphatic heterocycles. The molecule has 0 bridgehead atoms. The van der Waals surface area contributed by atoms with Gasteiger partial charge < -0.3 is 26.0 Å². The first-order valence-corrected chi connectivity index (χ1v) is 5.53. The number of nitrogens with one attached hydrogen (secondary N) is 2. The predicted octanol–water partition coefficient (Wildman–Crippen LogP) is -2.04. The van der Waals surface area contributed by atoms with E-state index in [1.807, 2.05) is 0 Å². The fourth-order valence-corrected chi connectivity index (χ4v) is 1.30. The van der Waals surface area contributed by atoms with Gasteiger partial charge in [-0.05, 0) is 12.8 Å². The van der Waals surface area contributed by atoms with Crippen LogP contribution in [0, 0.1) is 0 Å². The number of aliphatic hydroxyl groups excluding tert-OH is 3. The Morgan fingerprint density at radius 2 is 1.75 bits per heavy atom. The summed E-state index contributed by atoms with van der Waals surface area (Å²) in [5.74, 6) is -0.287. The maximum Gasteiger partial charge on any atom is 0.221 e. The Bertz CT molecular complexity index is 219. The third-order valence-electron chi connectivity index (χ3n) is 2.68. The molecule has 1 aliphatic carbocycles. The Morgan fingerprint density at radius 3 is 2.19 bits per heavy atom. The molecule has 0 saturated heterocycles. The summed E-state index contributed by atoms with van der Waals surface area (Å²) in [4.78, 5) is 11.5. The molecule has 94 valence electrons. The fraction of sp³-hybridized carbons (Fsp3) is 0.900. The summed E-state index contributed by atoms with van der Waals surface area (Å²) >= 11 is 0. The van der Waals surface area contributed by atoms with E-state index in [2.05, 4.69) is 10.6 Å². The second kappa shape index (κ2) is 6.15. The van der Waals surface area contributed by atoms with E-state index in [1.165, 1.54) is 0 Å². The summed E-state index contributed by atoms with van der Waals surface area (Å²) in [5.41, 5.74) is -1.31. The lowest BCUT2D eigenvalue weighted by Gasteiger charge is -2.28. The number of rotatable bonds is 8. The number of carbonyl (C=O) groups excluding carboxylic acids is 1. The van der Waals surface area contributed by atoms with Gasteiger partial charge in [0.1, 0.15) is 5.54 Å². The average molecular weight is 232 g/mol. The zero-order chi connectivity index (χ0) is 12.0. The van der Waals surface area contributed by atoms with Crippen LogP contribution in [0.25, 0.3) is 0 Å². The van der Waals surface area contributed by atoms with Crippen molar-refractivity contribution in [2.24, 2.45) is 0 Å². The van der Waals surface area contributed by atoms with Crippen LogP contribution < -0.4 is 10.6 Å². The van der Waals surface area contributed by atoms with Gasteiger partial charge >= 0.3 is 0 Å². The highest BCUT2D eigenvalue weighted by molar-refractivity contribution is 5.77. The van der Waals surface area contributed by atoms with Crippen molar-refractivity contribution in [3.63, 3.8) is 0 Å². The molecule has 1 aliphatic rings. The zero-order valence-corrected chi connectivity index (χ0v) is 9.28. The van der Waals surface area contributed by atoms with Crippen LogP contribution >= 0.6 is 0 Å². The lowest BCUT2D eigenvalue weighted by molar-refractivity contribution is -0.125. The van der Waals surface area contributed by atoms with Crippen LogP contribution in [0.5, 0.6) is 0 Å². The second-order valence-electron chi connectivity index (χ2n) is 4.28. The minimum atomic E-state index is -1.31. The van der Waals surface area contributed by atoms with Gasteiger partial charge in [-0.3, -0.25) is 4.79 Å². The summed E-state index contributed by atoms with van der Waals surface area (Å²) in [5, 5.41) is 32.6. The molecule has 6 heteroatoms. The van der Waals surface area contributed by atoms with E-state index in [0.717, 1.165) is 12.8 Å². The number of amides is 1. The Hall–Kier alpha value is -0.690. The lowest BCUT2D eigenvalue weighted by atomic mass is 10.0. The van der Waals surface area contributed by atoms with Crippen LogP contribution in [0.1, 0.15) is 19.3 Å². The lowest BCUT2D eigenvalue weighted by Crippen LogP contribution is -2.57. The third kappa shape index (κ3) is 4.05. The number of carbonyl (C=O) groups is 1. The van der Waals surface area contributed by atoms with Crippen molar-refractivity contribution in [3.8, 4) is 0 Å². The molecule has 1 saturated carbocycles. The SMILES string of the molecule is O=C(CCNC1CC1)NC(CO)(CO)CO. The van der Waals surface area contributed by atoms with E-state index in [4.69, 9.17) is 15.3 Å². The molecule has 6 nitrogen and oxygen atoms in total. The maximum atomic E-state index is 11.5. The first-order chi connectivity index (χ1) is 7.65. The molecule has 5 N–H and O–H groups in total. The predicted molar refractivity (Wildman–Crippen MR) is 57.8 cm³/mol. The highest BCUT2D eigenvalue weighted by Gasteiger charge is 2.29. The molecule has 1 amide bonds. The van der Waals surface area contributed by atoms with Crippen molar-refractivity contribution in [1.29, 1.82) is 0 Å². The highest BCUT2D eigenvalue weighted by atomic mass is 16.3. The van der Waals surface area contributed by atoms with Crippen LogP contribution in [0.3, 0.4) is 0 Å². The van der Waals surface area contributed by atoms with Gasteiger partial charge in [0.25, 0.3) is 0 Å². The molecule has 0 aromatic rings. The Morgan fingerprint density at radius 1 is 1.19 bits per heavy atom. The molecule has 0 aromatic carbocycles. The summed E-state index contributed by atoms with van der Waals surface area (Å²) in [6, 6.07) is 0.547. The number of hydrogen-bond donors (Lipinski definition) is 5. The minimum absolute atomic E-state index is 0.276. The van der Waals surface area contributed by atoms with E-state index >= 15 is 0 Å². The largest absolute Gasteiger partial charge is 0.394 e. The van der Waals surface area contributed by atoms with E-state index in [-0.39, 0.29) is 12.3 Å². The molecule has 1 fully saturated rings. The molecule has 0 unspecified atom stereocenters. The van der Waals surface area contributed by atoms with Crippen LogP contribution in [0.2, 0.25) is 0 Å². The number of aliphatic hydroxyl groups is 3. The van der Waals surface area contributed by atoms with Gasteiger partial charge in [-0.2, -0.15) is 0 Å². The van der Waals surface area contributed by atoms with E-state index in [9.17, 15) is 4.79 Å². The topological polar surface area (TPSA) is 102 Å². The van der Waals surface area contributed by atoms with Crippen LogP contribution in [-0.4, -0.2) is 59.2 Å². The molecule has 0 atom stereocenters. The van der Waals surface area contributed by atoms with Gasteiger partial charge in [0.05, 0.1) is 19.8 Å². The van der Waals surface area contributed by atoms with Gasteiger partial charge in [0, 0.05) is 19.0 Å². The first-order valence-electron chi connectivity index (χ1n) is 5.53. The van der Waals surface area contributed by atoms with E-state index in [1.54, 1.807) is 0 Å². The van der Waals surface area contributed by atoms with Crippen LogP contribution in [0.4, 0.5) is 0 Å². The number of hydrogen-bond acceptors (Lipinski definition) is 5. The standard InChI is InChI=1S/C10H20N2O4/c13-5-10(6-14,7-15)12-9(16)3-4-11-8-1-2-8/h8,11,13-15H,1-7H2,(H,12,16). The Balaban J connectivity index is 2.23. The third-order valence-corrected chi connectivity index (χ3v) is 2.68. The molecule has 16 heavy (non-hydrogen) atoms. The van der Waals surface area contributed by atoms with Crippen molar-refractivity contribution in [3.05, 3.63) is 0 Å². The van der Waals surface area contributed by atoms with E-state index < -0.39 is 25.4 Å². The van der Waals surface area contributed by atoms with E-state index in [0.29, 0.717) is 12.6 Å². The zero-order valence-electron chi connectivity index (χ0n) is 9.28. The molecule has 0 heterocycles. The van der Waals surface area contributed by atoms with Crippen molar-refractivity contribution in [2.75, 3.05) is 26.4 Å². The Kier molecular flexibility index (Phi) is 5.14. The first kappa shape index (κ1) is 13.4. The molecule has 0 spiro atoms. The van der Waals surface area contributed by atoms with Crippen molar-refractivity contribution in [1.82, 2.24) is 10.6 Å². The molecule has 0 radical (unpaired) electrons. The van der Waals surface area contributed by atoms with Crippen LogP contribution in [-0.2, 0) is 4.79 Å². The Labute approximate surface area is 94.7 Å². The highest BCUT2D eigenvalue weighted by Crippen LogP contribution is 2.18. The monoisotopic (exact) mass is 232 g/mol. The van der Waals surface area contributed by atoms with Crippen LogP contribution in [0.15, 0.2) is 0 Å². The van der Waals surface area contributed by atoms with Crippen molar-refractivity contribution in [2.45, 2.75) is 30.8 Å². The minimum Gasteiger partial charge on any atom is -0.394 e. The quantitative estimate of drug-likeness (QED) is 0.332. The maximum absolute atomic E-state index is 11.5. The van der Waals surface area contributed by atoms with Crippen molar-refractivity contribution < 1.29 is 20.1 Å². The van der Waals surface area contributed by atoms with Gasteiger partial charge in [-0.15, -0.1) is 0 Å². The normalized spacial score (nSPS) is 16.2. The van der Waals surface area contributed by atoms with Gasteiger partial charge in [0.2, 0.25) is 5.91 Å². The summed E-state index contributed by atoms with van der Waals surface area (Å²) in [6.07, 6.45) is 2.60. The summed E-state index contributed by atoms with van der Waals surface area (Å²) in [7, 11) is 0. The molecule has 0 aromatic heterocycles. The molecule has 1 rings (SSSR count). The van der Waals surface area contributed by atoms with Gasteiger partial charge in [-0.1, -0.05) is 0 Å². The molecular formula is C10H20N2O4. The second-order valence-corrected chi connectivity index (χ2v) is 4.28. The smallest absolute Gasteiger partial charge is 0.221 e. The van der Waals surface area contributed by atoms with Gasteiger partial charge in [0.15, 0.2) is 0 Å². The average Bonchev–Trinajstić information content (AvgIpc) is 3.10. The van der Waals surface area contributed by atoms with Crippen molar-refractivity contribution >= 4 is 5.91 Å². The summed E-state index contributed by atoms with van der Waals surface area (Å²) in [6.45, 7) is -0.875. The fourth-order valence-electron chi connectivity index (χ4n) is 1.30. The molecular weight excluding hydrogens is 212 g/mol. The summed E-state index contributed by atoms with van der Waals surface area (Å²) < 4.78 is 0. The van der Waals surface area contributed by atoms with Gasteiger partial charge in [-0.25, -0.2) is 0 Å².